The molecule has 0 radical (unpaired) electrons. The number of hydroxylamine groups is 2. The van der Waals surface area contributed by atoms with Crippen molar-refractivity contribution in [3.05, 3.63) is 0 Å². The number of amides is 1. The number of rotatable bonds is 2. The van der Waals surface area contributed by atoms with Gasteiger partial charge < -0.3 is 5.11 Å². The van der Waals surface area contributed by atoms with Crippen LogP contribution >= 0.6 is 0 Å². The lowest BCUT2D eigenvalue weighted by atomic mass is 9.78. The van der Waals surface area contributed by atoms with Gasteiger partial charge in [-0.15, -0.1) is 0 Å². The summed E-state index contributed by atoms with van der Waals surface area (Å²) in [5.41, 5.74) is -0.341. The van der Waals surface area contributed by atoms with E-state index >= 15 is 0 Å². The predicted octanol–water partition coefficient (Wildman–Crippen LogP) is 0.158. The highest BCUT2D eigenvalue weighted by Gasteiger charge is 2.49. The van der Waals surface area contributed by atoms with Gasteiger partial charge in [-0.3, -0.25) is 14.4 Å². The standard InChI is InChI=1S/C8H11NO4/c10-6-4-8(2-1-3-8)13-9(6)5-7(11)12/h1-5H2,(H,11,12). The largest absolute Gasteiger partial charge is 0.480 e. The Balaban J connectivity index is 1.99. The van der Waals surface area contributed by atoms with Crippen LogP contribution in [-0.2, 0) is 14.4 Å². The second-order valence-corrected chi connectivity index (χ2v) is 3.63. The molecular formula is C8H11NO4. The summed E-state index contributed by atoms with van der Waals surface area (Å²) in [7, 11) is 0. The molecule has 0 aromatic carbocycles. The van der Waals surface area contributed by atoms with Crippen molar-refractivity contribution in [3.8, 4) is 0 Å². The first kappa shape index (κ1) is 8.50. The molecule has 1 N–H and O–H groups in total. The van der Waals surface area contributed by atoms with Gasteiger partial charge in [0.1, 0.15) is 12.1 Å². The third kappa shape index (κ3) is 1.39. The van der Waals surface area contributed by atoms with Gasteiger partial charge in [0, 0.05) is 0 Å². The fraction of sp³-hybridized carbons (Fsp3) is 0.750. The van der Waals surface area contributed by atoms with Gasteiger partial charge in [-0.25, -0.2) is 5.06 Å². The summed E-state index contributed by atoms with van der Waals surface area (Å²) >= 11 is 0. The number of aliphatic carboxylic acids is 1. The quantitative estimate of drug-likeness (QED) is 0.665. The van der Waals surface area contributed by atoms with Crippen molar-refractivity contribution in [2.24, 2.45) is 0 Å². The normalized spacial score (nSPS) is 24.9. The van der Waals surface area contributed by atoms with Gasteiger partial charge >= 0.3 is 5.97 Å². The van der Waals surface area contributed by atoms with Crippen LogP contribution in [0.25, 0.3) is 0 Å². The molecule has 5 nitrogen and oxygen atoms in total. The molecule has 2 rings (SSSR count). The van der Waals surface area contributed by atoms with Gasteiger partial charge in [-0.05, 0) is 19.3 Å². The summed E-state index contributed by atoms with van der Waals surface area (Å²) in [5.74, 6) is -1.24. The zero-order valence-electron chi connectivity index (χ0n) is 7.15. The van der Waals surface area contributed by atoms with Crippen LogP contribution < -0.4 is 0 Å². The molecule has 1 saturated heterocycles. The molecule has 1 heterocycles. The van der Waals surface area contributed by atoms with Crippen molar-refractivity contribution in [3.63, 3.8) is 0 Å². The zero-order chi connectivity index (χ0) is 9.47. The van der Waals surface area contributed by atoms with E-state index in [1.807, 2.05) is 0 Å². The average Bonchev–Trinajstić information content (AvgIpc) is 2.27. The molecule has 0 bridgehead atoms. The lowest BCUT2D eigenvalue weighted by molar-refractivity contribution is -0.221. The van der Waals surface area contributed by atoms with Gasteiger partial charge in [0.2, 0.25) is 5.91 Å². The van der Waals surface area contributed by atoms with Crippen molar-refractivity contribution in [1.82, 2.24) is 5.06 Å². The molecule has 0 aromatic rings. The van der Waals surface area contributed by atoms with E-state index in [9.17, 15) is 9.59 Å². The monoisotopic (exact) mass is 185 g/mol. The Morgan fingerprint density at radius 3 is 2.69 bits per heavy atom. The first-order valence-corrected chi connectivity index (χ1v) is 4.33. The predicted molar refractivity (Wildman–Crippen MR) is 41.6 cm³/mol. The maximum atomic E-state index is 11.3. The van der Waals surface area contributed by atoms with E-state index < -0.39 is 5.97 Å². The number of carboxylic acids is 1. The van der Waals surface area contributed by atoms with E-state index in [2.05, 4.69) is 0 Å². The number of nitrogens with zero attached hydrogens (tertiary/aromatic N) is 1. The Labute approximate surface area is 75.2 Å². The molecular weight excluding hydrogens is 174 g/mol. The molecule has 1 spiro atoms. The third-order valence-electron chi connectivity index (χ3n) is 2.60. The molecule has 72 valence electrons. The molecule has 0 unspecified atom stereocenters. The van der Waals surface area contributed by atoms with Crippen molar-refractivity contribution in [2.75, 3.05) is 6.54 Å². The number of hydrogen-bond acceptors (Lipinski definition) is 3. The highest BCUT2D eigenvalue weighted by atomic mass is 16.7. The van der Waals surface area contributed by atoms with Crippen LogP contribution in [0.4, 0.5) is 0 Å². The second-order valence-electron chi connectivity index (χ2n) is 3.63. The van der Waals surface area contributed by atoms with Crippen LogP contribution in [-0.4, -0.2) is 34.2 Å². The van der Waals surface area contributed by atoms with E-state index in [-0.39, 0.29) is 18.1 Å². The highest BCUT2D eigenvalue weighted by Crippen LogP contribution is 2.43. The van der Waals surface area contributed by atoms with Crippen LogP contribution in [0.15, 0.2) is 0 Å². The highest BCUT2D eigenvalue weighted by molar-refractivity contribution is 5.82. The Morgan fingerprint density at radius 1 is 1.62 bits per heavy atom. The zero-order valence-corrected chi connectivity index (χ0v) is 7.15. The minimum Gasteiger partial charge on any atom is -0.480 e. The summed E-state index contributed by atoms with van der Waals surface area (Å²) in [6.07, 6.45) is 3.15. The minimum atomic E-state index is -1.04. The van der Waals surface area contributed by atoms with Crippen molar-refractivity contribution < 1.29 is 19.5 Å². The van der Waals surface area contributed by atoms with Crippen LogP contribution in [0.2, 0.25) is 0 Å². The summed E-state index contributed by atoms with van der Waals surface area (Å²) in [5, 5.41) is 9.45. The fourth-order valence-corrected chi connectivity index (χ4v) is 1.76. The second kappa shape index (κ2) is 2.70. The topological polar surface area (TPSA) is 66.8 Å². The first-order chi connectivity index (χ1) is 6.11. The van der Waals surface area contributed by atoms with Crippen molar-refractivity contribution in [2.45, 2.75) is 31.3 Å². The number of carbonyl (C=O) groups is 2. The third-order valence-corrected chi connectivity index (χ3v) is 2.60. The Bertz CT molecular complexity index is 259. The van der Waals surface area contributed by atoms with E-state index in [1.165, 1.54) is 0 Å². The first-order valence-electron chi connectivity index (χ1n) is 4.33. The van der Waals surface area contributed by atoms with Gasteiger partial charge in [0.25, 0.3) is 0 Å². The van der Waals surface area contributed by atoms with Crippen LogP contribution in [0.5, 0.6) is 0 Å². The van der Waals surface area contributed by atoms with Gasteiger partial charge in [-0.2, -0.15) is 0 Å². The fourth-order valence-electron chi connectivity index (χ4n) is 1.76. The molecule has 0 atom stereocenters. The van der Waals surface area contributed by atoms with Crippen LogP contribution in [0, 0.1) is 0 Å². The molecule has 13 heavy (non-hydrogen) atoms. The number of carbonyl (C=O) groups excluding carboxylic acids is 1. The van der Waals surface area contributed by atoms with Gasteiger partial charge in [0.15, 0.2) is 0 Å². The van der Waals surface area contributed by atoms with Gasteiger partial charge in [0.05, 0.1) is 6.42 Å². The maximum Gasteiger partial charge on any atom is 0.325 e. The average molecular weight is 185 g/mol. The Morgan fingerprint density at radius 2 is 2.31 bits per heavy atom. The Kier molecular flexibility index (Phi) is 1.76. The van der Waals surface area contributed by atoms with Crippen LogP contribution in [0.1, 0.15) is 25.7 Å². The van der Waals surface area contributed by atoms with E-state index in [0.29, 0.717) is 6.42 Å². The van der Waals surface area contributed by atoms with Crippen molar-refractivity contribution in [1.29, 1.82) is 0 Å². The molecule has 1 amide bonds. The Hall–Kier alpha value is -1.10. The van der Waals surface area contributed by atoms with E-state index in [0.717, 1.165) is 24.3 Å². The minimum absolute atomic E-state index is 0.206. The molecule has 2 fully saturated rings. The molecule has 2 aliphatic rings. The van der Waals surface area contributed by atoms with E-state index in [1.54, 1.807) is 0 Å². The molecule has 1 aliphatic carbocycles. The molecule has 5 heteroatoms. The lowest BCUT2D eigenvalue weighted by Crippen LogP contribution is -2.38. The SMILES string of the molecule is O=C(O)CN1OC2(CCC2)CC1=O. The van der Waals surface area contributed by atoms with Crippen LogP contribution in [0.3, 0.4) is 0 Å². The molecule has 1 saturated carbocycles. The summed E-state index contributed by atoms with van der Waals surface area (Å²) in [6.45, 7) is -0.347. The summed E-state index contributed by atoms with van der Waals surface area (Å²) in [6, 6.07) is 0. The number of hydrogen-bond donors (Lipinski definition) is 1. The number of carboxylic acid groups (broad SMARTS) is 1. The van der Waals surface area contributed by atoms with Gasteiger partial charge in [-0.1, -0.05) is 0 Å². The smallest absolute Gasteiger partial charge is 0.325 e. The molecule has 0 aromatic heterocycles. The lowest BCUT2D eigenvalue weighted by Gasteiger charge is -2.35. The maximum absolute atomic E-state index is 11.3. The molecule has 1 aliphatic heterocycles. The summed E-state index contributed by atoms with van der Waals surface area (Å²) in [4.78, 5) is 26.9. The van der Waals surface area contributed by atoms with Crippen molar-refractivity contribution >= 4 is 11.9 Å². The summed E-state index contributed by atoms with van der Waals surface area (Å²) < 4.78 is 0. The van der Waals surface area contributed by atoms with E-state index in [4.69, 9.17) is 9.94 Å².